The molecule has 0 aliphatic heterocycles. The van der Waals surface area contributed by atoms with Crippen molar-refractivity contribution >= 4 is 11.6 Å². The van der Waals surface area contributed by atoms with E-state index in [9.17, 15) is 0 Å². The van der Waals surface area contributed by atoms with Gasteiger partial charge in [0, 0.05) is 5.88 Å². The van der Waals surface area contributed by atoms with E-state index < -0.39 is 0 Å². The second-order valence-electron chi connectivity index (χ2n) is 6.61. The Balaban J connectivity index is 0. The molecule has 0 aliphatic carbocycles. The molecule has 0 bridgehead atoms. The Labute approximate surface area is 143 Å². The lowest BCUT2D eigenvalue weighted by Gasteiger charge is -2.29. The number of alkyl halides is 1. The van der Waals surface area contributed by atoms with Crippen LogP contribution in [0.15, 0.2) is 0 Å². The molecule has 0 unspecified atom stereocenters. The largest absolute Gasteiger partial charge is 1.00 e. The van der Waals surface area contributed by atoms with Gasteiger partial charge in [0.15, 0.2) is 0 Å². The highest BCUT2D eigenvalue weighted by atomic mass is 79.9. The van der Waals surface area contributed by atoms with Crippen LogP contribution in [0.25, 0.3) is 0 Å². The first-order valence-electron chi connectivity index (χ1n) is 8.50. The third kappa shape index (κ3) is 16.8. The van der Waals surface area contributed by atoms with Crippen molar-refractivity contribution in [2.75, 3.05) is 33.1 Å². The molecular formula is C17H37BrClN. The number of nitrogens with zero attached hydrogens (tertiary/aromatic N) is 1. The summed E-state index contributed by atoms with van der Waals surface area (Å²) in [4.78, 5) is 0. The van der Waals surface area contributed by atoms with E-state index in [0.29, 0.717) is 0 Å². The molecule has 124 valence electrons. The zero-order valence-corrected chi connectivity index (χ0v) is 16.4. The highest BCUT2D eigenvalue weighted by Crippen LogP contribution is 2.11. The predicted octanol–water partition coefficient (Wildman–Crippen LogP) is 2.62. The lowest BCUT2D eigenvalue weighted by molar-refractivity contribution is -0.890. The van der Waals surface area contributed by atoms with Gasteiger partial charge in [0.2, 0.25) is 0 Å². The maximum Gasteiger partial charge on any atom is 0.0782 e. The molecule has 0 atom stereocenters. The summed E-state index contributed by atoms with van der Waals surface area (Å²) in [6.07, 6.45) is 15.3. The number of quaternary nitrogens is 1. The van der Waals surface area contributed by atoms with Gasteiger partial charge in [0.1, 0.15) is 0 Å². The summed E-state index contributed by atoms with van der Waals surface area (Å²) >= 11 is 5.73. The Morgan fingerprint density at radius 2 is 1.05 bits per heavy atom. The van der Waals surface area contributed by atoms with Gasteiger partial charge < -0.3 is 21.5 Å². The fourth-order valence-electron chi connectivity index (χ4n) is 2.60. The van der Waals surface area contributed by atoms with Crippen molar-refractivity contribution < 1.29 is 21.5 Å². The fraction of sp³-hybridized carbons (Fsp3) is 1.00. The second kappa shape index (κ2) is 16.1. The summed E-state index contributed by atoms with van der Waals surface area (Å²) in [6.45, 7) is 4.90. The van der Waals surface area contributed by atoms with Crippen LogP contribution in [0.5, 0.6) is 0 Å². The lowest BCUT2D eigenvalue weighted by Crippen LogP contribution is -3.00. The molecule has 0 spiro atoms. The number of hydrogen-bond donors (Lipinski definition) is 0. The van der Waals surface area contributed by atoms with Crippen molar-refractivity contribution in [1.82, 2.24) is 0 Å². The molecule has 0 N–H and O–H groups in total. The van der Waals surface area contributed by atoms with Crippen LogP contribution >= 0.6 is 11.6 Å². The molecule has 0 heterocycles. The van der Waals surface area contributed by atoms with Crippen molar-refractivity contribution in [2.24, 2.45) is 0 Å². The van der Waals surface area contributed by atoms with Gasteiger partial charge in [-0.1, -0.05) is 51.9 Å². The molecule has 0 radical (unpaired) electrons. The third-order valence-corrected chi connectivity index (χ3v) is 4.28. The van der Waals surface area contributed by atoms with E-state index in [1.54, 1.807) is 0 Å². The molecule has 0 saturated carbocycles. The van der Waals surface area contributed by atoms with Crippen LogP contribution < -0.4 is 17.0 Å². The van der Waals surface area contributed by atoms with Crippen molar-refractivity contribution in [1.29, 1.82) is 0 Å². The Hall–Kier alpha value is 0.730. The van der Waals surface area contributed by atoms with Crippen LogP contribution in [0.3, 0.4) is 0 Å². The zero-order valence-electron chi connectivity index (χ0n) is 14.1. The Morgan fingerprint density at radius 3 is 1.50 bits per heavy atom. The summed E-state index contributed by atoms with van der Waals surface area (Å²) in [5, 5.41) is 0. The van der Waals surface area contributed by atoms with Crippen LogP contribution in [-0.2, 0) is 0 Å². The van der Waals surface area contributed by atoms with E-state index in [4.69, 9.17) is 11.6 Å². The molecule has 0 aromatic heterocycles. The molecule has 0 aromatic rings. The van der Waals surface area contributed by atoms with Gasteiger partial charge in [0.05, 0.1) is 27.2 Å². The summed E-state index contributed by atoms with van der Waals surface area (Å²) in [5.74, 6) is 0.817. The molecule has 0 amide bonds. The van der Waals surface area contributed by atoms with Crippen LogP contribution in [-0.4, -0.2) is 37.5 Å². The van der Waals surface area contributed by atoms with Crippen molar-refractivity contribution in [3.05, 3.63) is 0 Å². The maximum absolute atomic E-state index is 5.73. The van der Waals surface area contributed by atoms with E-state index in [0.717, 1.165) is 5.88 Å². The minimum Gasteiger partial charge on any atom is -1.00 e. The first kappa shape index (κ1) is 23.0. The predicted molar refractivity (Wildman–Crippen MR) is 89.0 cm³/mol. The first-order valence-corrected chi connectivity index (χ1v) is 9.04. The summed E-state index contributed by atoms with van der Waals surface area (Å²) in [6, 6.07) is 0. The standard InChI is InChI=1S/C17H37ClN.BrH/c1-4-5-6-7-8-9-10-11-13-16-19(2,3)17-14-12-15-18;/h4-17H2,1-3H3;1H/q+1;/p-1. The van der Waals surface area contributed by atoms with Gasteiger partial charge in [-0.05, 0) is 25.7 Å². The average molecular weight is 371 g/mol. The SMILES string of the molecule is CCCCCCCCCCC[N+](C)(C)CCCCCl.[Br-]. The number of unbranched alkanes of at least 4 members (excludes halogenated alkanes) is 9. The number of rotatable bonds is 14. The minimum absolute atomic E-state index is 0. The molecule has 20 heavy (non-hydrogen) atoms. The molecule has 0 aromatic carbocycles. The van der Waals surface area contributed by atoms with E-state index >= 15 is 0 Å². The van der Waals surface area contributed by atoms with E-state index in [1.165, 1.54) is 88.2 Å². The fourth-order valence-corrected chi connectivity index (χ4v) is 2.79. The summed E-state index contributed by atoms with van der Waals surface area (Å²) in [7, 11) is 4.72. The molecule has 0 rings (SSSR count). The zero-order chi connectivity index (χ0) is 14.4. The Kier molecular flexibility index (Phi) is 18.5. The lowest BCUT2D eigenvalue weighted by atomic mass is 10.1. The average Bonchev–Trinajstić information content (AvgIpc) is 2.37. The monoisotopic (exact) mass is 369 g/mol. The van der Waals surface area contributed by atoms with Gasteiger partial charge in [-0.25, -0.2) is 0 Å². The Bertz CT molecular complexity index is 186. The van der Waals surface area contributed by atoms with Crippen LogP contribution in [0.1, 0.15) is 77.6 Å². The van der Waals surface area contributed by atoms with Crippen molar-refractivity contribution in [3.8, 4) is 0 Å². The molecule has 0 fully saturated rings. The third-order valence-electron chi connectivity index (χ3n) is 4.01. The Morgan fingerprint density at radius 1 is 0.650 bits per heavy atom. The van der Waals surface area contributed by atoms with Crippen molar-refractivity contribution in [2.45, 2.75) is 77.6 Å². The highest BCUT2D eigenvalue weighted by Gasteiger charge is 2.13. The molecular weight excluding hydrogens is 334 g/mol. The summed E-state index contributed by atoms with van der Waals surface area (Å²) in [5.41, 5.74) is 0. The van der Waals surface area contributed by atoms with Gasteiger partial charge in [-0.3, -0.25) is 0 Å². The number of hydrogen-bond acceptors (Lipinski definition) is 0. The topological polar surface area (TPSA) is 0 Å². The van der Waals surface area contributed by atoms with Gasteiger partial charge >= 0.3 is 0 Å². The summed E-state index contributed by atoms with van der Waals surface area (Å²) < 4.78 is 1.17. The van der Waals surface area contributed by atoms with E-state index in [1.807, 2.05) is 0 Å². The number of halogens is 2. The van der Waals surface area contributed by atoms with Gasteiger partial charge in [0.25, 0.3) is 0 Å². The molecule has 3 heteroatoms. The minimum atomic E-state index is 0. The van der Waals surface area contributed by atoms with E-state index in [-0.39, 0.29) is 17.0 Å². The smallest absolute Gasteiger partial charge is 0.0782 e. The molecule has 0 aliphatic rings. The second-order valence-corrected chi connectivity index (χ2v) is 6.99. The van der Waals surface area contributed by atoms with Crippen LogP contribution in [0.2, 0.25) is 0 Å². The van der Waals surface area contributed by atoms with Gasteiger partial charge in [-0.15, -0.1) is 11.6 Å². The normalized spacial score (nSPS) is 11.4. The maximum atomic E-state index is 5.73. The van der Waals surface area contributed by atoms with Crippen LogP contribution in [0, 0.1) is 0 Å². The van der Waals surface area contributed by atoms with Crippen LogP contribution in [0.4, 0.5) is 0 Å². The van der Waals surface area contributed by atoms with Crippen molar-refractivity contribution in [3.63, 3.8) is 0 Å². The highest BCUT2D eigenvalue weighted by molar-refractivity contribution is 6.17. The van der Waals surface area contributed by atoms with Gasteiger partial charge in [-0.2, -0.15) is 0 Å². The molecule has 0 saturated heterocycles. The molecule has 1 nitrogen and oxygen atoms in total. The quantitative estimate of drug-likeness (QED) is 0.250. The first-order chi connectivity index (χ1) is 9.12. The van der Waals surface area contributed by atoms with E-state index in [2.05, 4.69) is 21.0 Å².